The number of anilines is 10. The molecule has 0 amide bonds. The Morgan fingerprint density at radius 2 is 0.574 bits per heavy atom. The quantitative estimate of drug-likeness (QED) is 0.129. The van der Waals surface area contributed by atoms with Gasteiger partial charge in [0.15, 0.2) is 0 Å². The molecular formula is C57H44N4. The second-order valence-electron chi connectivity index (χ2n) is 15.3. The first-order chi connectivity index (χ1) is 30.2. The molecule has 0 aliphatic rings. The maximum Gasteiger partial charge on any atom is 0.0540 e. The van der Waals surface area contributed by atoms with Crippen molar-refractivity contribution < 1.29 is 0 Å². The molecule has 10 rings (SSSR count). The molecule has 4 nitrogen and oxygen atoms in total. The first kappa shape index (κ1) is 37.2. The highest BCUT2D eigenvalue weighted by Gasteiger charge is 2.16. The Morgan fingerprint density at radius 1 is 0.262 bits per heavy atom. The number of para-hydroxylation sites is 2. The van der Waals surface area contributed by atoms with Gasteiger partial charge in [-0.05, 0) is 138 Å². The molecular weight excluding hydrogens is 741 g/mol. The highest BCUT2D eigenvalue weighted by atomic mass is 15.1. The summed E-state index contributed by atoms with van der Waals surface area (Å²) in [5.41, 5.74) is 13.5. The van der Waals surface area contributed by atoms with Crippen LogP contribution in [-0.2, 0) is 6.42 Å². The van der Waals surface area contributed by atoms with Gasteiger partial charge in [0.1, 0.15) is 0 Å². The van der Waals surface area contributed by atoms with Gasteiger partial charge in [0, 0.05) is 56.3 Å². The average molecular weight is 785 g/mol. The third kappa shape index (κ3) is 8.16. The van der Waals surface area contributed by atoms with Gasteiger partial charge in [-0.15, -0.1) is 0 Å². The molecule has 0 heterocycles. The van der Waals surface area contributed by atoms with Crippen LogP contribution in [-0.4, -0.2) is 0 Å². The molecule has 0 saturated carbocycles. The van der Waals surface area contributed by atoms with E-state index in [2.05, 4.69) is 263 Å². The van der Waals surface area contributed by atoms with Crippen LogP contribution in [0.2, 0.25) is 0 Å². The lowest BCUT2D eigenvalue weighted by Gasteiger charge is -2.27. The predicted molar refractivity (Wildman–Crippen MR) is 260 cm³/mol. The average Bonchev–Trinajstić information content (AvgIpc) is 3.32. The minimum Gasteiger partial charge on any atom is -0.356 e. The van der Waals surface area contributed by atoms with Crippen LogP contribution in [0.4, 0.5) is 56.9 Å². The minimum absolute atomic E-state index is 0.858. The molecule has 10 aromatic carbocycles. The van der Waals surface area contributed by atoms with Crippen molar-refractivity contribution >= 4 is 78.4 Å². The molecule has 61 heavy (non-hydrogen) atoms. The van der Waals surface area contributed by atoms with E-state index in [4.69, 9.17) is 0 Å². The third-order valence-electron chi connectivity index (χ3n) is 11.2. The van der Waals surface area contributed by atoms with E-state index in [0.717, 1.165) is 63.3 Å². The van der Waals surface area contributed by atoms with E-state index in [1.54, 1.807) is 0 Å². The van der Waals surface area contributed by atoms with Crippen molar-refractivity contribution in [3.05, 3.63) is 254 Å². The van der Waals surface area contributed by atoms with Crippen molar-refractivity contribution in [2.24, 2.45) is 0 Å². The van der Waals surface area contributed by atoms with Crippen LogP contribution in [0.15, 0.2) is 243 Å². The lowest BCUT2D eigenvalue weighted by atomic mass is 10.0. The van der Waals surface area contributed by atoms with E-state index in [-0.39, 0.29) is 0 Å². The molecule has 292 valence electrons. The highest BCUT2D eigenvalue weighted by molar-refractivity contribution is 6.00. The molecule has 4 heteroatoms. The Morgan fingerprint density at radius 3 is 0.967 bits per heavy atom. The molecule has 0 aromatic heterocycles. The van der Waals surface area contributed by atoms with Gasteiger partial charge in [-0.2, -0.15) is 0 Å². The summed E-state index contributed by atoms with van der Waals surface area (Å²) in [6, 6.07) is 86.1. The van der Waals surface area contributed by atoms with E-state index < -0.39 is 0 Å². The standard InChI is InChI=1S/C57H44N4/c1-3-17-50(18-4-1)60(56-23-11-15-44-13-7-9-21-54(44)56)52-37-33-48(34-38-52)58-46-29-25-42(26-30-46)41-43-27-31-47(32-28-43)59-49-35-39-53(40-36-49)61(51-19-5-2-6-20-51)57-24-12-16-45-14-8-10-22-55(45)57/h1-40,58-59H,41H2. The first-order valence-electron chi connectivity index (χ1n) is 20.8. The van der Waals surface area contributed by atoms with E-state index in [1.165, 1.54) is 32.7 Å². The molecule has 0 radical (unpaired) electrons. The van der Waals surface area contributed by atoms with Gasteiger partial charge in [0.2, 0.25) is 0 Å². The zero-order valence-corrected chi connectivity index (χ0v) is 33.7. The zero-order chi connectivity index (χ0) is 40.8. The fraction of sp³-hybridized carbons (Fsp3) is 0.0175. The van der Waals surface area contributed by atoms with E-state index in [0.29, 0.717) is 0 Å². The summed E-state index contributed by atoms with van der Waals surface area (Å²) in [5.74, 6) is 0. The summed E-state index contributed by atoms with van der Waals surface area (Å²) in [5, 5.41) is 12.1. The largest absolute Gasteiger partial charge is 0.356 e. The van der Waals surface area contributed by atoms with Gasteiger partial charge in [-0.1, -0.05) is 133 Å². The van der Waals surface area contributed by atoms with E-state index in [1.807, 2.05) is 0 Å². The maximum absolute atomic E-state index is 3.60. The topological polar surface area (TPSA) is 30.5 Å². The number of hydrogen-bond acceptors (Lipinski definition) is 4. The lowest BCUT2D eigenvalue weighted by Crippen LogP contribution is -2.10. The first-order valence-corrected chi connectivity index (χ1v) is 20.8. The Hall–Kier alpha value is -8.08. The van der Waals surface area contributed by atoms with Crippen molar-refractivity contribution in [1.82, 2.24) is 0 Å². The number of benzene rings is 10. The highest BCUT2D eigenvalue weighted by Crippen LogP contribution is 2.41. The SMILES string of the molecule is c1ccc(N(c2ccc(Nc3ccc(Cc4ccc(Nc5ccc(N(c6ccccc6)c6cccc7ccccc67)cc5)cc4)cc3)cc2)c2cccc3ccccc23)cc1. The van der Waals surface area contributed by atoms with Gasteiger partial charge >= 0.3 is 0 Å². The van der Waals surface area contributed by atoms with Gasteiger partial charge in [0.05, 0.1) is 11.4 Å². The van der Waals surface area contributed by atoms with Crippen LogP contribution >= 0.6 is 0 Å². The molecule has 0 fully saturated rings. The number of fused-ring (bicyclic) bond motifs is 2. The second kappa shape index (κ2) is 17.0. The summed E-state index contributed by atoms with van der Waals surface area (Å²) in [4.78, 5) is 4.66. The fourth-order valence-electron chi connectivity index (χ4n) is 8.18. The summed E-state index contributed by atoms with van der Waals surface area (Å²) in [6.45, 7) is 0. The van der Waals surface area contributed by atoms with Crippen molar-refractivity contribution in [1.29, 1.82) is 0 Å². The Labute approximate surface area is 357 Å². The molecule has 0 aliphatic heterocycles. The smallest absolute Gasteiger partial charge is 0.0540 e. The van der Waals surface area contributed by atoms with Crippen LogP contribution in [0.25, 0.3) is 21.5 Å². The van der Waals surface area contributed by atoms with Crippen LogP contribution in [0.1, 0.15) is 11.1 Å². The van der Waals surface area contributed by atoms with Gasteiger partial charge in [-0.3, -0.25) is 0 Å². The molecule has 10 aromatic rings. The van der Waals surface area contributed by atoms with E-state index in [9.17, 15) is 0 Å². The predicted octanol–water partition coefficient (Wildman–Crippen LogP) is 16.0. The number of nitrogens with zero attached hydrogens (tertiary/aromatic N) is 2. The van der Waals surface area contributed by atoms with Crippen LogP contribution in [0, 0.1) is 0 Å². The van der Waals surface area contributed by atoms with Crippen LogP contribution < -0.4 is 20.4 Å². The summed E-state index contributed by atoms with van der Waals surface area (Å²) >= 11 is 0. The Bertz CT molecular complexity index is 2800. The normalized spacial score (nSPS) is 11.0. The van der Waals surface area contributed by atoms with E-state index >= 15 is 0 Å². The molecule has 0 bridgehead atoms. The monoisotopic (exact) mass is 784 g/mol. The number of hydrogen-bond donors (Lipinski definition) is 2. The molecule has 2 N–H and O–H groups in total. The molecule has 0 spiro atoms. The lowest BCUT2D eigenvalue weighted by molar-refractivity contribution is 1.19. The molecule has 0 aliphatic carbocycles. The number of rotatable bonds is 12. The fourth-order valence-corrected chi connectivity index (χ4v) is 8.18. The van der Waals surface area contributed by atoms with Crippen molar-refractivity contribution in [2.45, 2.75) is 6.42 Å². The Balaban J connectivity index is 0.790. The van der Waals surface area contributed by atoms with Gasteiger partial charge in [-0.25, -0.2) is 0 Å². The van der Waals surface area contributed by atoms with Gasteiger partial charge < -0.3 is 20.4 Å². The molecule has 0 unspecified atom stereocenters. The summed E-state index contributed by atoms with van der Waals surface area (Å²) in [7, 11) is 0. The molecule has 0 saturated heterocycles. The van der Waals surface area contributed by atoms with Crippen LogP contribution in [0.5, 0.6) is 0 Å². The third-order valence-corrected chi connectivity index (χ3v) is 11.2. The molecule has 0 atom stereocenters. The second-order valence-corrected chi connectivity index (χ2v) is 15.3. The van der Waals surface area contributed by atoms with Crippen molar-refractivity contribution in [2.75, 3.05) is 20.4 Å². The minimum atomic E-state index is 0.858. The summed E-state index contributed by atoms with van der Waals surface area (Å²) in [6.07, 6.45) is 0.858. The van der Waals surface area contributed by atoms with Crippen molar-refractivity contribution in [3.8, 4) is 0 Å². The number of nitrogens with one attached hydrogen (secondary N) is 2. The summed E-state index contributed by atoms with van der Waals surface area (Å²) < 4.78 is 0. The van der Waals surface area contributed by atoms with Crippen molar-refractivity contribution in [3.63, 3.8) is 0 Å². The van der Waals surface area contributed by atoms with Crippen LogP contribution in [0.3, 0.4) is 0 Å². The van der Waals surface area contributed by atoms with Gasteiger partial charge in [0.25, 0.3) is 0 Å². The Kier molecular flexibility index (Phi) is 10.4. The zero-order valence-electron chi connectivity index (χ0n) is 33.7. The maximum atomic E-state index is 3.60.